The lowest BCUT2D eigenvalue weighted by Gasteiger charge is -2.07. The summed E-state index contributed by atoms with van der Waals surface area (Å²) in [5.41, 5.74) is 2.25. The number of aryl methyl sites for hydroxylation is 1. The smallest absolute Gasteiger partial charge is 0.246 e. The molecule has 19 heavy (non-hydrogen) atoms. The molecule has 0 bridgehead atoms. The highest BCUT2D eigenvalue weighted by atomic mass is 79.9. The third-order valence-electron chi connectivity index (χ3n) is 2.45. The highest BCUT2D eigenvalue weighted by Gasteiger charge is 2.08. The lowest BCUT2D eigenvalue weighted by molar-refractivity contribution is -0.116. The highest BCUT2D eigenvalue weighted by molar-refractivity contribution is 9.10. The van der Waals surface area contributed by atoms with E-state index in [9.17, 15) is 4.79 Å². The van der Waals surface area contributed by atoms with Crippen LogP contribution in [0.4, 0.5) is 5.69 Å². The molecule has 0 saturated carbocycles. The van der Waals surface area contributed by atoms with Crippen molar-refractivity contribution in [2.24, 2.45) is 0 Å². The third-order valence-corrected chi connectivity index (χ3v) is 3.11. The number of aliphatic hydroxyl groups is 1. The summed E-state index contributed by atoms with van der Waals surface area (Å²) in [6, 6.07) is 5.67. The molecular formula is C12H13BrN4O2. The van der Waals surface area contributed by atoms with E-state index in [2.05, 4.69) is 31.6 Å². The number of hydrogen-bond acceptors (Lipinski definition) is 4. The van der Waals surface area contributed by atoms with Gasteiger partial charge in [-0.05, 0) is 40.5 Å². The van der Waals surface area contributed by atoms with Crippen LogP contribution in [0, 0.1) is 6.92 Å². The Hall–Kier alpha value is -1.73. The number of carbonyl (C=O) groups excluding carboxylic acids is 1. The number of aliphatic hydroxyl groups excluding tert-OH is 1. The Balaban J connectivity index is 2.01. The number of nitrogens with zero attached hydrogens (tertiary/aromatic N) is 3. The largest absolute Gasteiger partial charge is 0.390 e. The molecule has 0 fully saturated rings. The van der Waals surface area contributed by atoms with Crippen LogP contribution in [0.1, 0.15) is 11.3 Å². The van der Waals surface area contributed by atoms with Crippen molar-refractivity contribution in [2.45, 2.75) is 20.1 Å². The first kappa shape index (κ1) is 13.7. The van der Waals surface area contributed by atoms with Crippen molar-refractivity contribution in [3.8, 4) is 0 Å². The van der Waals surface area contributed by atoms with E-state index >= 15 is 0 Å². The molecule has 0 atom stereocenters. The number of rotatable bonds is 4. The lowest BCUT2D eigenvalue weighted by atomic mass is 10.2. The second-order valence-corrected chi connectivity index (χ2v) is 4.95. The fourth-order valence-corrected chi connectivity index (χ4v) is 2.14. The van der Waals surface area contributed by atoms with Crippen molar-refractivity contribution in [1.29, 1.82) is 0 Å². The molecule has 6 nitrogen and oxygen atoms in total. The number of benzene rings is 1. The molecule has 2 N–H and O–H groups in total. The Labute approximate surface area is 118 Å². The van der Waals surface area contributed by atoms with Gasteiger partial charge in [0.15, 0.2) is 0 Å². The van der Waals surface area contributed by atoms with Crippen LogP contribution in [0.5, 0.6) is 0 Å². The summed E-state index contributed by atoms with van der Waals surface area (Å²) in [6.07, 6.45) is 1.53. The van der Waals surface area contributed by atoms with Gasteiger partial charge in [0, 0.05) is 4.47 Å². The Morgan fingerprint density at radius 2 is 2.32 bits per heavy atom. The van der Waals surface area contributed by atoms with Crippen molar-refractivity contribution in [1.82, 2.24) is 15.0 Å². The highest BCUT2D eigenvalue weighted by Crippen LogP contribution is 2.23. The van der Waals surface area contributed by atoms with Gasteiger partial charge in [-0.1, -0.05) is 11.3 Å². The van der Waals surface area contributed by atoms with Crippen molar-refractivity contribution in [3.63, 3.8) is 0 Å². The van der Waals surface area contributed by atoms with Crippen LogP contribution in [0.3, 0.4) is 0 Å². The zero-order chi connectivity index (χ0) is 13.8. The summed E-state index contributed by atoms with van der Waals surface area (Å²) < 4.78 is 2.21. The molecule has 1 heterocycles. The fraction of sp³-hybridized carbons (Fsp3) is 0.250. The minimum atomic E-state index is -0.209. The molecule has 1 aromatic heterocycles. The second-order valence-electron chi connectivity index (χ2n) is 4.10. The standard InChI is InChI=1S/C12H13BrN4O2/c1-8-2-3-11(10(13)4-8)14-12(19)6-17-5-9(7-18)15-16-17/h2-5,18H,6-7H2,1H3,(H,14,19). The molecule has 0 radical (unpaired) electrons. The third kappa shape index (κ3) is 3.62. The molecular weight excluding hydrogens is 312 g/mol. The minimum absolute atomic E-state index is 0.0489. The van der Waals surface area contributed by atoms with Gasteiger partial charge in [-0.25, -0.2) is 4.68 Å². The van der Waals surface area contributed by atoms with E-state index in [1.165, 1.54) is 10.9 Å². The molecule has 100 valence electrons. The van der Waals surface area contributed by atoms with E-state index < -0.39 is 0 Å². The Morgan fingerprint density at radius 3 is 2.95 bits per heavy atom. The zero-order valence-electron chi connectivity index (χ0n) is 10.3. The van der Waals surface area contributed by atoms with Gasteiger partial charge in [0.25, 0.3) is 0 Å². The van der Waals surface area contributed by atoms with Crippen molar-refractivity contribution in [2.75, 3.05) is 5.32 Å². The summed E-state index contributed by atoms with van der Waals surface area (Å²) in [6.45, 7) is 1.83. The number of nitrogens with one attached hydrogen (secondary N) is 1. The van der Waals surface area contributed by atoms with Crippen LogP contribution >= 0.6 is 15.9 Å². The van der Waals surface area contributed by atoms with Crippen LogP contribution in [-0.4, -0.2) is 26.0 Å². The number of aromatic nitrogens is 3. The monoisotopic (exact) mass is 324 g/mol. The van der Waals surface area contributed by atoms with Crippen LogP contribution in [-0.2, 0) is 17.9 Å². The number of halogens is 1. The van der Waals surface area contributed by atoms with Crippen molar-refractivity contribution < 1.29 is 9.90 Å². The maximum absolute atomic E-state index is 11.8. The van der Waals surface area contributed by atoms with Gasteiger partial charge >= 0.3 is 0 Å². The predicted octanol–water partition coefficient (Wildman–Crippen LogP) is 1.48. The molecule has 2 rings (SSSR count). The number of anilines is 1. The van der Waals surface area contributed by atoms with Gasteiger partial charge < -0.3 is 10.4 Å². The lowest BCUT2D eigenvalue weighted by Crippen LogP contribution is -2.19. The van der Waals surface area contributed by atoms with Gasteiger partial charge in [0.1, 0.15) is 12.2 Å². The van der Waals surface area contributed by atoms with Crippen molar-refractivity contribution in [3.05, 3.63) is 40.1 Å². The average molecular weight is 325 g/mol. The topological polar surface area (TPSA) is 80.0 Å². The van der Waals surface area contributed by atoms with E-state index in [-0.39, 0.29) is 19.1 Å². The van der Waals surface area contributed by atoms with E-state index in [0.29, 0.717) is 11.4 Å². The van der Waals surface area contributed by atoms with Gasteiger partial charge in [0.2, 0.25) is 5.91 Å². The number of carbonyl (C=O) groups is 1. The zero-order valence-corrected chi connectivity index (χ0v) is 11.9. The summed E-state index contributed by atoms with van der Waals surface area (Å²) in [4.78, 5) is 11.8. The molecule has 0 spiro atoms. The number of amides is 1. The summed E-state index contributed by atoms with van der Waals surface area (Å²) >= 11 is 3.39. The van der Waals surface area contributed by atoms with E-state index in [1.54, 1.807) is 0 Å². The van der Waals surface area contributed by atoms with Gasteiger partial charge in [0.05, 0.1) is 18.5 Å². The Bertz CT molecular complexity index is 597. The average Bonchev–Trinajstić information content (AvgIpc) is 2.80. The quantitative estimate of drug-likeness (QED) is 0.892. The Kier molecular flexibility index (Phi) is 4.28. The maximum atomic E-state index is 11.8. The molecule has 2 aromatic rings. The minimum Gasteiger partial charge on any atom is -0.390 e. The van der Waals surface area contributed by atoms with Crippen LogP contribution in [0.25, 0.3) is 0 Å². The molecule has 0 aliphatic rings. The number of hydrogen-bond donors (Lipinski definition) is 2. The van der Waals surface area contributed by atoms with Gasteiger partial charge in [-0.3, -0.25) is 4.79 Å². The van der Waals surface area contributed by atoms with E-state index in [4.69, 9.17) is 5.11 Å². The van der Waals surface area contributed by atoms with E-state index in [1.807, 2.05) is 25.1 Å². The first-order valence-corrected chi connectivity index (χ1v) is 6.43. The summed E-state index contributed by atoms with van der Waals surface area (Å²) in [5.74, 6) is -0.209. The van der Waals surface area contributed by atoms with Crippen LogP contribution in [0.15, 0.2) is 28.9 Å². The molecule has 0 saturated heterocycles. The van der Waals surface area contributed by atoms with Crippen LogP contribution < -0.4 is 5.32 Å². The molecule has 1 aromatic carbocycles. The van der Waals surface area contributed by atoms with E-state index in [0.717, 1.165) is 10.0 Å². The fourth-order valence-electron chi connectivity index (χ4n) is 1.55. The molecule has 0 aliphatic carbocycles. The Morgan fingerprint density at radius 1 is 1.53 bits per heavy atom. The van der Waals surface area contributed by atoms with Gasteiger partial charge in [-0.2, -0.15) is 0 Å². The van der Waals surface area contributed by atoms with Crippen molar-refractivity contribution >= 4 is 27.5 Å². The molecule has 7 heteroatoms. The SMILES string of the molecule is Cc1ccc(NC(=O)Cn2cc(CO)nn2)c(Br)c1. The van der Waals surface area contributed by atoms with Crippen LogP contribution in [0.2, 0.25) is 0 Å². The predicted molar refractivity (Wildman–Crippen MR) is 73.5 cm³/mol. The molecule has 0 aliphatic heterocycles. The van der Waals surface area contributed by atoms with Gasteiger partial charge in [-0.15, -0.1) is 5.10 Å². The summed E-state index contributed by atoms with van der Waals surface area (Å²) in [7, 11) is 0. The first-order chi connectivity index (χ1) is 9.08. The molecule has 0 unspecified atom stereocenters. The summed E-state index contributed by atoms with van der Waals surface area (Å²) in [5, 5.41) is 19.1. The first-order valence-electron chi connectivity index (χ1n) is 5.64. The second kappa shape index (κ2) is 5.94. The normalized spacial score (nSPS) is 10.5. The molecule has 1 amide bonds. The maximum Gasteiger partial charge on any atom is 0.246 e.